The smallest absolute Gasteiger partial charge is 0.254 e. The van der Waals surface area contributed by atoms with Crippen molar-refractivity contribution in [3.05, 3.63) is 53.9 Å². The molecule has 1 aliphatic heterocycles. The van der Waals surface area contributed by atoms with Gasteiger partial charge in [-0.05, 0) is 55.5 Å². The second kappa shape index (κ2) is 9.37. The average Bonchev–Trinajstić information content (AvgIpc) is 3.67. The van der Waals surface area contributed by atoms with E-state index in [9.17, 15) is 9.59 Å². The average molecular weight is 424 g/mol. The number of rotatable bonds is 7. The summed E-state index contributed by atoms with van der Waals surface area (Å²) in [6.07, 6.45) is 7.05. The summed E-state index contributed by atoms with van der Waals surface area (Å²) in [4.78, 5) is 34.2. The van der Waals surface area contributed by atoms with E-state index in [0.717, 1.165) is 18.4 Å². The highest BCUT2D eigenvalue weighted by Gasteiger charge is 2.37. The van der Waals surface area contributed by atoms with Crippen LogP contribution in [-0.4, -0.2) is 59.9 Å². The minimum absolute atomic E-state index is 0.0358. The molecule has 2 aromatic rings. The number of carbonyl (C=O) groups is 2. The van der Waals surface area contributed by atoms with E-state index in [4.69, 9.17) is 9.47 Å². The van der Waals surface area contributed by atoms with E-state index in [1.165, 1.54) is 0 Å². The minimum Gasteiger partial charge on any atom is -0.497 e. The van der Waals surface area contributed by atoms with Crippen molar-refractivity contribution in [1.29, 1.82) is 0 Å². The van der Waals surface area contributed by atoms with E-state index in [2.05, 4.69) is 4.98 Å². The third-order valence-corrected chi connectivity index (χ3v) is 6.10. The van der Waals surface area contributed by atoms with E-state index in [-0.39, 0.29) is 17.7 Å². The van der Waals surface area contributed by atoms with Gasteiger partial charge in [0.25, 0.3) is 5.91 Å². The highest BCUT2D eigenvalue weighted by molar-refractivity contribution is 5.95. The Morgan fingerprint density at radius 3 is 2.16 bits per heavy atom. The molecule has 0 radical (unpaired) electrons. The minimum atomic E-state index is -0.0565. The Morgan fingerprint density at radius 2 is 1.61 bits per heavy atom. The maximum Gasteiger partial charge on any atom is 0.254 e. The third-order valence-electron chi connectivity index (χ3n) is 6.10. The largest absolute Gasteiger partial charge is 0.497 e. The lowest BCUT2D eigenvalue weighted by atomic mass is 9.94. The van der Waals surface area contributed by atoms with Crippen LogP contribution in [0.15, 0.2) is 42.7 Å². The van der Waals surface area contributed by atoms with Gasteiger partial charge in [-0.2, -0.15) is 0 Å². The highest BCUT2D eigenvalue weighted by atomic mass is 16.5. The van der Waals surface area contributed by atoms with E-state index in [1.807, 2.05) is 21.9 Å². The molecule has 1 saturated heterocycles. The van der Waals surface area contributed by atoms with Crippen LogP contribution in [0.25, 0.3) is 0 Å². The van der Waals surface area contributed by atoms with Crippen molar-refractivity contribution in [3.8, 4) is 11.5 Å². The molecule has 7 nitrogen and oxygen atoms in total. The zero-order valence-corrected chi connectivity index (χ0v) is 18.1. The van der Waals surface area contributed by atoms with Crippen LogP contribution in [0, 0.1) is 5.92 Å². The number of hydrogen-bond acceptors (Lipinski definition) is 5. The van der Waals surface area contributed by atoms with Crippen molar-refractivity contribution in [3.63, 3.8) is 0 Å². The van der Waals surface area contributed by atoms with Gasteiger partial charge in [-0.15, -0.1) is 0 Å². The second-order valence-corrected chi connectivity index (χ2v) is 8.22. The highest BCUT2D eigenvalue weighted by Crippen LogP contribution is 2.32. The molecule has 0 N–H and O–H groups in total. The maximum atomic E-state index is 13.3. The number of hydrogen-bond donors (Lipinski definition) is 0. The maximum absolute atomic E-state index is 13.3. The van der Waals surface area contributed by atoms with Gasteiger partial charge in [-0.1, -0.05) is 0 Å². The predicted octanol–water partition coefficient (Wildman–Crippen LogP) is 3.14. The van der Waals surface area contributed by atoms with Crippen molar-refractivity contribution in [2.24, 2.45) is 5.92 Å². The number of methoxy groups -OCH3 is 2. The van der Waals surface area contributed by atoms with Crippen LogP contribution < -0.4 is 9.47 Å². The van der Waals surface area contributed by atoms with Gasteiger partial charge in [0.05, 0.1) is 14.2 Å². The fourth-order valence-electron chi connectivity index (χ4n) is 4.14. The van der Waals surface area contributed by atoms with E-state index in [1.54, 1.807) is 44.8 Å². The summed E-state index contributed by atoms with van der Waals surface area (Å²) in [7, 11) is 3.13. The molecule has 2 fully saturated rings. The third kappa shape index (κ3) is 4.98. The van der Waals surface area contributed by atoms with Gasteiger partial charge in [-0.25, -0.2) is 0 Å². The number of pyridine rings is 1. The molecule has 0 spiro atoms. The number of ether oxygens (including phenoxy) is 2. The first-order chi connectivity index (χ1) is 15.1. The summed E-state index contributed by atoms with van der Waals surface area (Å²) in [5.74, 6) is 1.30. The number of nitrogens with zero attached hydrogens (tertiary/aromatic N) is 3. The number of carbonyl (C=O) groups excluding carboxylic acids is 2. The fourth-order valence-corrected chi connectivity index (χ4v) is 4.14. The van der Waals surface area contributed by atoms with Crippen molar-refractivity contribution < 1.29 is 19.1 Å². The van der Waals surface area contributed by atoms with Crippen LogP contribution in [-0.2, 0) is 11.3 Å². The Bertz CT molecular complexity index is 899. The molecule has 1 aromatic heterocycles. The first-order valence-electron chi connectivity index (χ1n) is 10.8. The van der Waals surface area contributed by atoms with Crippen molar-refractivity contribution >= 4 is 11.8 Å². The molecule has 2 amide bonds. The van der Waals surface area contributed by atoms with Crippen LogP contribution in [0.3, 0.4) is 0 Å². The molecule has 7 heteroatoms. The Kier molecular flexibility index (Phi) is 6.39. The summed E-state index contributed by atoms with van der Waals surface area (Å²) in [5, 5.41) is 0. The summed E-state index contributed by atoms with van der Waals surface area (Å²) < 4.78 is 10.6. The molecular formula is C24H29N3O4. The van der Waals surface area contributed by atoms with E-state index in [0.29, 0.717) is 55.6 Å². The molecule has 1 aromatic carbocycles. The Balaban J connectivity index is 1.38. The van der Waals surface area contributed by atoms with Crippen LogP contribution in [0.2, 0.25) is 0 Å². The van der Waals surface area contributed by atoms with Crippen molar-refractivity contribution in [1.82, 2.24) is 14.8 Å². The normalized spacial score (nSPS) is 16.6. The molecule has 164 valence electrons. The lowest BCUT2D eigenvalue weighted by Crippen LogP contribution is -2.44. The van der Waals surface area contributed by atoms with Crippen LogP contribution >= 0.6 is 0 Å². The van der Waals surface area contributed by atoms with Crippen LogP contribution in [0.1, 0.15) is 41.6 Å². The van der Waals surface area contributed by atoms with E-state index < -0.39 is 0 Å². The van der Waals surface area contributed by atoms with Crippen molar-refractivity contribution in [2.45, 2.75) is 38.3 Å². The first kappa shape index (κ1) is 21.2. The van der Waals surface area contributed by atoms with Gasteiger partial charge >= 0.3 is 0 Å². The Morgan fingerprint density at radius 1 is 1.00 bits per heavy atom. The summed E-state index contributed by atoms with van der Waals surface area (Å²) in [6, 6.07) is 9.48. The molecule has 2 aliphatic rings. The van der Waals surface area contributed by atoms with E-state index >= 15 is 0 Å². The van der Waals surface area contributed by atoms with Crippen LogP contribution in [0.5, 0.6) is 11.5 Å². The topological polar surface area (TPSA) is 72.0 Å². The van der Waals surface area contributed by atoms with Gasteiger partial charge in [-0.3, -0.25) is 14.6 Å². The molecule has 31 heavy (non-hydrogen) atoms. The quantitative estimate of drug-likeness (QED) is 0.684. The number of likely N-dealkylation sites (tertiary alicyclic amines) is 1. The number of benzene rings is 1. The molecule has 4 rings (SSSR count). The van der Waals surface area contributed by atoms with Gasteiger partial charge in [0.2, 0.25) is 5.91 Å². The zero-order valence-electron chi connectivity index (χ0n) is 18.1. The van der Waals surface area contributed by atoms with Gasteiger partial charge in [0.1, 0.15) is 11.5 Å². The molecule has 0 bridgehead atoms. The monoisotopic (exact) mass is 423 g/mol. The Hall–Kier alpha value is -3.09. The molecule has 2 heterocycles. The molecule has 1 saturated carbocycles. The molecule has 0 atom stereocenters. The number of piperidine rings is 1. The van der Waals surface area contributed by atoms with Gasteiger partial charge in [0.15, 0.2) is 0 Å². The molecule has 0 unspecified atom stereocenters. The first-order valence-corrected chi connectivity index (χ1v) is 10.8. The predicted molar refractivity (Wildman–Crippen MR) is 116 cm³/mol. The summed E-state index contributed by atoms with van der Waals surface area (Å²) in [6.45, 7) is 1.78. The summed E-state index contributed by atoms with van der Waals surface area (Å²) in [5.41, 5.74) is 1.65. The molecular weight excluding hydrogens is 394 g/mol. The zero-order chi connectivity index (χ0) is 21.8. The SMILES string of the molecule is COc1cc(OC)cc(C(=O)N2CCC(C(=O)N(Cc3ccncc3)C3CC3)CC2)c1. The lowest BCUT2D eigenvalue weighted by molar-refractivity contribution is -0.138. The standard InChI is InChI=1S/C24H29N3O4/c1-30-21-13-19(14-22(15-21)31-2)23(28)26-11-7-18(8-12-26)24(29)27(20-3-4-20)16-17-5-9-25-10-6-17/h5-6,9-10,13-15,18,20H,3-4,7-8,11-12,16H2,1-2H3. The van der Waals surface area contributed by atoms with Gasteiger partial charge < -0.3 is 19.3 Å². The fraction of sp³-hybridized carbons (Fsp3) is 0.458. The Labute approximate surface area is 183 Å². The molecule has 1 aliphatic carbocycles. The lowest BCUT2D eigenvalue weighted by Gasteiger charge is -2.34. The van der Waals surface area contributed by atoms with Crippen molar-refractivity contribution in [2.75, 3.05) is 27.3 Å². The van der Waals surface area contributed by atoms with Crippen LogP contribution in [0.4, 0.5) is 0 Å². The number of amides is 2. The number of aromatic nitrogens is 1. The summed E-state index contributed by atoms with van der Waals surface area (Å²) >= 11 is 0. The van der Waals surface area contributed by atoms with Gasteiger partial charge in [0, 0.05) is 55.6 Å². The second-order valence-electron chi connectivity index (χ2n) is 8.22.